The first kappa shape index (κ1) is 12.6. The molecule has 1 N–H and O–H groups in total. The van der Waals surface area contributed by atoms with Crippen LogP contribution in [-0.4, -0.2) is 22.9 Å². The summed E-state index contributed by atoms with van der Waals surface area (Å²) in [6.45, 7) is 0. The highest BCUT2D eigenvalue weighted by Gasteiger charge is 2.48. The van der Waals surface area contributed by atoms with Gasteiger partial charge in [-0.1, -0.05) is 24.3 Å². The van der Waals surface area contributed by atoms with E-state index in [2.05, 4.69) is 0 Å². The molecule has 102 valence electrons. The Bertz CT molecular complexity index is 609. The molecule has 2 atom stereocenters. The van der Waals surface area contributed by atoms with Gasteiger partial charge in [0.2, 0.25) is 11.8 Å². The van der Waals surface area contributed by atoms with Crippen LogP contribution in [0.25, 0.3) is 0 Å². The molecule has 0 bridgehead atoms. The van der Waals surface area contributed by atoms with Gasteiger partial charge < -0.3 is 5.11 Å². The van der Waals surface area contributed by atoms with Crippen molar-refractivity contribution in [2.24, 2.45) is 11.8 Å². The Morgan fingerprint density at radius 1 is 1.05 bits per heavy atom. The fourth-order valence-electron chi connectivity index (χ4n) is 2.89. The number of allylic oxidation sites excluding steroid dienone is 2. The number of carboxylic acids is 1. The van der Waals surface area contributed by atoms with Crippen molar-refractivity contribution < 1.29 is 19.5 Å². The van der Waals surface area contributed by atoms with Crippen molar-refractivity contribution in [3.63, 3.8) is 0 Å². The molecule has 3 rings (SSSR count). The summed E-state index contributed by atoms with van der Waals surface area (Å²) in [4.78, 5) is 37.1. The van der Waals surface area contributed by atoms with Crippen LogP contribution in [0.2, 0.25) is 0 Å². The number of fused-ring (bicyclic) bond motifs is 1. The third kappa shape index (κ3) is 1.74. The van der Waals surface area contributed by atoms with Crippen molar-refractivity contribution in [2.75, 3.05) is 4.90 Å². The largest absolute Gasteiger partial charge is 0.478 e. The average Bonchev–Trinajstić information content (AvgIpc) is 2.71. The maximum atomic E-state index is 12.4. The molecule has 1 fully saturated rings. The molecule has 2 amide bonds. The number of hydrogen-bond acceptors (Lipinski definition) is 3. The Kier molecular flexibility index (Phi) is 2.89. The van der Waals surface area contributed by atoms with Crippen LogP contribution in [0.15, 0.2) is 36.4 Å². The molecule has 0 unspecified atom stereocenters. The molecule has 0 saturated carbocycles. The lowest BCUT2D eigenvalue weighted by atomic mass is 9.85. The summed E-state index contributed by atoms with van der Waals surface area (Å²) < 4.78 is 0. The van der Waals surface area contributed by atoms with E-state index in [1.165, 1.54) is 12.1 Å². The van der Waals surface area contributed by atoms with Crippen LogP contribution >= 0.6 is 0 Å². The van der Waals surface area contributed by atoms with Crippen molar-refractivity contribution in [3.05, 3.63) is 42.0 Å². The van der Waals surface area contributed by atoms with Crippen LogP contribution in [0.4, 0.5) is 5.69 Å². The van der Waals surface area contributed by atoms with Gasteiger partial charge in [0, 0.05) is 0 Å². The van der Waals surface area contributed by atoms with Crippen molar-refractivity contribution in [2.45, 2.75) is 12.8 Å². The molecule has 1 aliphatic carbocycles. The molecule has 1 aliphatic heterocycles. The van der Waals surface area contributed by atoms with E-state index in [1.807, 2.05) is 12.2 Å². The van der Waals surface area contributed by atoms with E-state index in [0.717, 1.165) is 4.90 Å². The molecule has 5 nitrogen and oxygen atoms in total. The number of carbonyl (C=O) groups is 3. The number of para-hydroxylation sites is 1. The van der Waals surface area contributed by atoms with E-state index in [0.29, 0.717) is 12.8 Å². The number of hydrogen-bond donors (Lipinski definition) is 1. The number of aromatic carboxylic acids is 1. The van der Waals surface area contributed by atoms with Crippen LogP contribution in [0.5, 0.6) is 0 Å². The molecule has 20 heavy (non-hydrogen) atoms. The first-order valence-corrected chi connectivity index (χ1v) is 6.46. The number of amides is 2. The zero-order chi connectivity index (χ0) is 14.3. The molecule has 1 aromatic rings. The quantitative estimate of drug-likeness (QED) is 0.658. The Morgan fingerprint density at radius 3 is 2.15 bits per heavy atom. The predicted octanol–water partition coefficient (Wildman–Crippen LogP) is 1.84. The highest BCUT2D eigenvalue weighted by molar-refractivity contribution is 6.23. The molecule has 1 heterocycles. The molecule has 1 aromatic carbocycles. The highest BCUT2D eigenvalue weighted by atomic mass is 16.4. The zero-order valence-corrected chi connectivity index (χ0v) is 10.7. The topological polar surface area (TPSA) is 74.7 Å². The lowest BCUT2D eigenvalue weighted by Crippen LogP contribution is -2.32. The second kappa shape index (κ2) is 4.59. The third-order valence-corrected chi connectivity index (χ3v) is 3.88. The molecular formula is C15H13NO4. The fraction of sp³-hybridized carbons (Fsp3) is 0.267. The molecule has 1 saturated heterocycles. The van der Waals surface area contributed by atoms with E-state index >= 15 is 0 Å². The first-order valence-electron chi connectivity index (χ1n) is 6.46. The summed E-state index contributed by atoms with van der Waals surface area (Å²) in [7, 11) is 0. The second-order valence-electron chi connectivity index (χ2n) is 4.99. The third-order valence-electron chi connectivity index (χ3n) is 3.88. The highest BCUT2D eigenvalue weighted by Crippen LogP contribution is 2.38. The van der Waals surface area contributed by atoms with Crippen LogP contribution in [0.1, 0.15) is 23.2 Å². The lowest BCUT2D eigenvalue weighted by molar-refractivity contribution is -0.122. The van der Waals surface area contributed by atoms with Gasteiger partial charge in [-0.05, 0) is 25.0 Å². The summed E-state index contributed by atoms with van der Waals surface area (Å²) in [6.07, 6.45) is 4.89. The summed E-state index contributed by atoms with van der Waals surface area (Å²) in [5, 5.41) is 9.20. The summed E-state index contributed by atoms with van der Waals surface area (Å²) in [5.74, 6) is -2.44. The van der Waals surface area contributed by atoms with E-state index in [4.69, 9.17) is 0 Å². The van der Waals surface area contributed by atoms with Crippen LogP contribution in [0.3, 0.4) is 0 Å². The molecular weight excluding hydrogens is 258 g/mol. The van der Waals surface area contributed by atoms with Crippen molar-refractivity contribution in [1.82, 2.24) is 0 Å². The van der Waals surface area contributed by atoms with Gasteiger partial charge in [-0.3, -0.25) is 9.59 Å². The average molecular weight is 271 g/mol. The van der Waals surface area contributed by atoms with Gasteiger partial charge in [0.1, 0.15) is 0 Å². The minimum Gasteiger partial charge on any atom is -0.478 e. The standard InChI is InChI=1S/C15H13NO4/c17-13-9-5-1-2-6-10(9)14(18)16(13)12-8-4-3-7-11(12)15(19)20/h1-4,7-10H,5-6H2,(H,19,20)/t9-,10-/m1/s1. The molecule has 0 aromatic heterocycles. The number of carboxylic acid groups (broad SMARTS) is 1. The first-order chi connectivity index (χ1) is 9.61. The summed E-state index contributed by atoms with van der Waals surface area (Å²) >= 11 is 0. The normalized spacial score (nSPS) is 24.9. The zero-order valence-electron chi connectivity index (χ0n) is 10.7. The van der Waals surface area contributed by atoms with E-state index < -0.39 is 5.97 Å². The Morgan fingerprint density at radius 2 is 1.60 bits per heavy atom. The molecule has 5 heteroatoms. The van der Waals surface area contributed by atoms with Crippen LogP contribution < -0.4 is 4.90 Å². The maximum absolute atomic E-state index is 12.4. The van der Waals surface area contributed by atoms with E-state index in [1.54, 1.807) is 12.1 Å². The number of rotatable bonds is 2. The van der Waals surface area contributed by atoms with Crippen molar-refractivity contribution in [3.8, 4) is 0 Å². The molecule has 0 spiro atoms. The lowest BCUT2D eigenvalue weighted by Gasteiger charge is -2.16. The Labute approximate surface area is 115 Å². The number of anilines is 1. The predicted molar refractivity (Wildman–Crippen MR) is 71.2 cm³/mol. The van der Waals surface area contributed by atoms with Crippen LogP contribution in [0, 0.1) is 11.8 Å². The van der Waals surface area contributed by atoms with Gasteiger partial charge in [0.05, 0.1) is 23.1 Å². The summed E-state index contributed by atoms with van der Waals surface area (Å²) in [6, 6.07) is 6.11. The Balaban J connectivity index is 2.06. The van der Waals surface area contributed by atoms with E-state index in [-0.39, 0.29) is 34.9 Å². The number of carbonyl (C=O) groups excluding carboxylic acids is 2. The Hall–Kier alpha value is -2.43. The van der Waals surface area contributed by atoms with Gasteiger partial charge in [0.15, 0.2) is 0 Å². The van der Waals surface area contributed by atoms with Gasteiger partial charge in [-0.15, -0.1) is 0 Å². The second-order valence-corrected chi connectivity index (χ2v) is 4.99. The monoisotopic (exact) mass is 271 g/mol. The van der Waals surface area contributed by atoms with Gasteiger partial charge in [-0.25, -0.2) is 9.69 Å². The SMILES string of the molecule is O=C(O)c1ccccc1N1C(=O)[C@@H]2CC=CC[C@H]2C1=O. The maximum Gasteiger partial charge on any atom is 0.337 e. The van der Waals surface area contributed by atoms with Crippen molar-refractivity contribution in [1.29, 1.82) is 0 Å². The number of benzene rings is 1. The van der Waals surface area contributed by atoms with E-state index in [9.17, 15) is 19.5 Å². The smallest absolute Gasteiger partial charge is 0.337 e. The van der Waals surface area contributed by atoms with Crippen molar-refractivity contribution >= 4 is 23.5 Å². The summed E-state index contributed by atoms with van der Waals surface area (Å²) in [5.41, 5.74) is 0.144. The fourth-order valence-corrected chi connectivity index (χ4v) is 2.89. The van der Waals surface area contributed by atoms with Crippen LogP contribution in [-0.2, 0) is 9.59 Å². The van der Waals surface area contributed by atoms with Gasteiger partial charge in [0.25, 0.3) is 0 Å². The minimum absolute atomic E-state index is 0.0270. The molecule has 2 aliphatic rings. The van der Waals surface area contributed by atoms with Gasteiger partial charge >= 0.3 is 5.97 Å². The van der Waals surface area contributed by atoms with Gasteiger partial charge in [-0.2, -0.15) is 0 Å². The molecule has 0 radical (unpaired) electrons. The minimum atomic E-state index is -1.14. The number of imide groups is 1. The number of nitrogens with zero attached hydrogens (tertiary/aromatic N) is 1.